The van der Waals surface area contributed by atoms with Crippen molar-refractivity contribution in [2.45, 2.75) is 12.7 Å². The quantitative estimate of drug-likeness (QED) is 0.856. The molecule has 102 valence electrons. The summed E-state index contributed by atoms with van der Waals surface area (Å²) in [6, 6.07) is 6.60. The van der Waals surface area contributed by atoms with Crippen LogP contribution in [-0.4, -0.2) is 35.9 Å². The molecular weight excluding hydrogens is 267 g/mol. The van der Waals surface area contributed by atoms with Gasteiger partial charge in [-0.05, 0) is 18.6 Å². The Bertz CT molecular complexity index is 493. The molecule has 0 saturated heterocycles. The van der Waals surface area contributed by atoms with Gasteiger partial charge in [-0.3, -0.25) is 9.89 Å². The Hall–Kier alpha value is -1.56. The van der Waals surface area contributed by atoms with Gasteiger partial charge in [0.15, 0.2) is 5.17 Å². The fourth-order valence-electron chi connectivity index (χ4n) is 1.68. The minimum atomic E-state index is -0.389. The predicted molar refractivity (Wildman–Crippen MR) is 73.7 cm³/mol. The molecule has 0 fully saturated rings. The largest absolute Gasteiger partial charge is 0.449 e. The molecular formula is C13H15FN2O2S. The van der Waals surface area contributed by atoms with Crippen molar-refractivity contribution in [3.63, 3.8) is 0 Å². The molecule has 0 bridgehead atoms. The summed E-state index contributed by atoms with van der Waals surface area (Å²) in [6.07, 6.45) is -0.389. The molecule has 1 aliphatic heterocycles. The molecule has 0 aliphatic carbocycles. The van der Waals surface area contributed by atoms with Crippen molar-refractivity contribution in [3.8, 4) is 0 Å². The van der Waals surface area contributed by atoms with Crippen LogP contribution in [0, 0.1) is 5.82 Å². The van der Waals surface area contributed by atoms with Gasteiger partial charge in [-0.25, -0.2) is 9.18 Å². The summed E-state index contributed by atoms with van der Waals surface area (Å²) in [6.45, 7) is 3.19. The van der Waals surface area contributed by atoms with Crippen LogP contribution in [0.1, 0.15) is 12.5 Å². The smallest absolute Gasteiger partial charge is 0.415 e. The van der Waals surface area contributed by atoms with Gasteiger partial charge in [-0.2, -0.15) is 0 Å². The van der Waals surface area contributed by atoms with E-state index in [2.05, 4.69) is 4.99 Å². The van der Waals surface area contributed by atoms with Crippen molar-refractivity contribution in [1.82, 2.24) is 4.90 Å². The summed E-state index contributed by atoms with van der Waals surface area (Å²) in [7, 11) is 0. The number of thioether (sulfide) groups is 1. The van der Waals surface area contributed by atoms with Crippen molar-refractivity contribution < 1.29 is 13.9 Å². The predicted octanol–water partition coefficient (Wildman–Crippen LogP) is 2.89. The van der Waals surface area contributed by atoms with E-state index in [1.54, 1.807) is 25.1 Å². The fourth-order valence-corrected chi connectivity index (χ4v) is 2.70. The van der Waals surface area contributed by atoms with Crippen LogP contribution in [0.5, 0.6) is 0 Å². The summed E-state index contributed by atoms with van der Waals surface area (Å²) in [5.41, 5.74) is 0.603. The van der Waals surface area contributed by atoms with E-state index >= 15 is 0 Å². The number of carbonyl (C=O) groups is 1. The third-order valence-corrected chi connectivity index (χ3v) is 3.67. The molecule has 0 atom stereocenters. The maximum Gasteiger partial charge on any atom is 0.415 e. The Morgan fingerprint density at radius 1 is 1.53 bits per heavy atom. The zero-order chi connectivity index (χ0) is 13.7. The van der Waals surface area contributed by atoms with Gasteiger partial charge in [-0.15, -0.1) is 0 Å². The van der Waals surface area contributed by atoms with Crippen molar-refractivity contribution in [2.24, 2.45) is 4.99 Å². The first kappa shape index (κ1) is 13.9. The summed E-state index contributed by atoms with van der Waals surface area (Å²) in [5, 5.41) is 0.599. The van der Waals surface area contributed by atoms with E-state index in [9.17, 15) is 9.18 Å². The molecule has 1 amide bonds. The molecule has 2 rings (SSSR count). The third kappa shape index (κ3) is 3.47. The SMILES string of the molecule is CCOC(=O)N1CCN=C1SCc1ccccc1F. The molecule has 1 heterocycles. The van der Waals surface area contributed by atoms with Gasteiger partial charge in [-0.1, -0.05) is 30.0 Å². The summed E-state index contributed by atoms with van der Waals surface area (Å²) in [4.78, 5) is 17.4. The maximum atomic E-state index is 13.5. The first-order chi connectivity index (χ1) is 9.22. The highest BCUT2D eigenvalue weighted by molar-refractivity contribution is 8.13. The van der Waals surface area contributed by atoms with Crippen LogP contribution in [0.15, 0.2) is 29.3 Å². The summed E-state index contributed by atoms with van der Waals surface area (Å²) < 4.78 is 18.4. The molecule has 19 heavy (non-hydrogen) atoms. The molecule has 1 aliphatic rings. The topological polar surface area (TPSA) is 41.9 Å². The number of ether oxygens (including phenoxy) is 1. The van der Waals surface area contributed by atoms with Crippen LogP contribution in [0.4, 0.5) is 9.18 Å². The molecule has 0 saturated carbocycles. The number of carbonyl (C=O) groups excluding carboxylic acids is 1. The van der Waals surface area contributed by atoms with E-state index in [-0.39, 0.29) is 11.9 Å². The highest BCUT2D eigenvalue weighted by Gasteiger charge is 2.25. The van der Waals surface area contributed by atoms with Gasteiger partial charge in [0.05, 0.1) is 19.7 Å². The summed E-state index contributed by atoms with van der Waals surface area (Å²) >= 11 is 1.35. The fraction of sp³-hybridized carbons (Fsp3) is 0.385. The number of aliphatic imine (C=N–C) groups is 1. The first-order valence-corrected chi connectivity index (χ1v) is 7.06. The van der Waals surface area contributed by atoms with Gasteiger partial charge in [0, 0.05) is 5.75 Å². The molecule has 0 aromatic heterocycles. The minimum Gasteiger partial charge on any atom is -0.449 e. The lowest BCUT2D eigenvalue weighted by Crippen LogP contribution is -2.33. The second-order valence-electron chi connectivity index (χ2n) is 3.89. The Balaban J connectivity index is 1.95. The average molecular weight is 282 g/mol. The number of amidine groups is 1. The number of nitrogens with zero attached hydrogens (tertiary/aromatic N) is 2. The molecule has 0 spiro atoms. The van der Waals surface area contributed by atoms with Crippen molar-refractivity contribution in [2.75, 3.05) is 19.7 Å². The molecule has 1 aromatic carbocycles. The normalized spacial score (nSPS) is 14.4. The van der Waals surface area contributed by atoms with Crippen LogP contribution in [0.25, 0.3) is 0 Å². The van der Waals surface area contributed by atoms with Gasteiger partial charge in [0.2, 0.25) is 0 Å². The molecule has 0 N–H and O–H groups in total. The van der Waals surface area contributed by atoms with Crippen LogP contribution < -0.4 is 0 Å². The van der Waals surface area contributed by atoms with E-state index in [4.69, 9.17) is 4.74 Å². The average Bonchev–Trinajstić information content (AvgIpc) is 2.86. The number of halogens is 1. The van der Waals surface area contributed by atoms with Crippen molar-refractivity contribution in [1.29, 1.82) is 0 Å². The molecule has 0 radical (unpaired) electrons. The highest BCUT2D eigenvalue weighted by Crippen LogP contribution is 2.21. The van der Waals surface area contributed by atoms with E-state index in [1.807, 2.05) is 0 Å². The number of hydrogen-bond donors (Lipinski definition) is 0. The second kappa shape index (κ2) is 6.56. The van der Waals surface area contributed by atoms with E-state index < -0.39 is 0 Å². The van der Waals surface area contributed by atoms with Gasteiger partial charge >= 0.3 is 6.09 Å². The first-order valence-electron chi connectivity index (χ1n) is 6.07. The molecule has 0 unspecified atom stereocenters. The number of amides is 1. The standard InChI is InChI=1S/C13H15FN2O2S/c1-2-18-13(17)16-8-7-15-12(16)19-9-10-5-3-4-6-11(10)14/h3-6H,2,7-9H2,1H3. The van der Waals surface area contributed by atoms with Crippen LogP contribution in [0.2, 0.25) is 0 Å². The highest BCUT2D eigenvalue weighted by atomic mass is 32.2. The van der Waals surface area contributed by atoms with Gasteiger partial charge in [0.1, 0.15) is 5.82 Å². The zero-order valence-electron chi connectivity index (χ0n) is 10.6. The van der Waals surface area contributed by atoms with Crippen molar-refractivity contribution >= 4 is 23.0 Å². The van der Waals surface area contributed by atoms with E-state index in [1.165, 1.54) is 22.7 Å². The Morgan fingerprint density at radius 3 is 3.05 bits per heavy atom. The lowest BCUT2D eigenvalue weighted by molar-refractivity contribution is 0.131. The monoisotopic (exact) mass is 282 g/mol. The molecule has 6 heteroatoms. The molecule has 1 aromatic rings. The van der Waals surface area contributed by atoms with Gasteiger partial charge < -0.3 is 4.74 Å². The second-order valence-corrected chi connectivity index (χ2v) is 4.84. The third-order valence-electron chi connectivity index (χ3n) is 2.60. The van der Waals surface area contributed by atoms with Crippen molar-refractivity contribution in [3.05, 3.63) is 35.6 Å². The number of rotatable bonds is 3. The Morgan fingerprint density at radius 2 is 2.32 bits per heavy atom. The Labute approximate surface area is 115 Å². The number of benzene rings is 1. The zero-order valence-corrected chi connectivity index (χ0v) is 11.5. The van der Waals surface area contributed by atoms with Crippen LogP contribution in [0.3, 0.4) is 0 Å². The van der Waals surface area contributed by atoms with Crippen LogP contribution >= 0.6 is 11.8 Å². The number of hydrogen-bond acceptors (Lipinski definition) is 4. The van der Waals surface area contributed by atoms with E-state index in [0.717, 1.165) is 0 Å². The minimum absolute atomic E-state index is 0.240. The lowest BCUT2D eigenvalue weighted by Gasteiger charge is -2.16. The van der Waals surface area contributed by atoms with E-state index in [0.29, 0.717) is 36.2 Å². The summed E-state index contributed by atoms with van der Waals surface area (Å²) in [5.74, 6) is 0.206. The maximum absolute atomic E-state index is 13.5. The van der Waals surface area contributed by atoms with Gasteiger partial charge in [0.25, 0.3) is 0 Å². The van der Waals surface area contributed by atoms with Crippen LogP contribution in [-0.2, 0) is 10.5 Å². The lowest BCUT2D eigenvalue weighted by atomic mass is 10.2. The molecule has 4 nitrogen and oxygen atoms in total. The Kier molecular flexibility index (Phi) is 4.79.